The number of morpholine rings is 1. The van der Waals surface area contributed by atoms with E-state index in [-0.39, 0.29) is 6.10 Å². The molecule has 0 spiro atoms. The van der Waals surface area contributed by atoms with Gasteiger partial charge in [0, 0.05) is 31.1 Å². The van der Waals surface area contributed by atoms with Crippen molar-refractivity contribution < 1.29 is 14.3 Å². The van der Waals surface area contributed by atoms with E-state index in [4.69, 9.17) is 4.74 Å². The fourth-order valence-electron chi connectivity index (χ4n) is 3.02. The van der Waals surface area contributed by atoms with Crippen molar-refractivity contribution in [1.29, 1.82) is 0 Å². The molecule has 7 heteroatoms. The highest BCUT2D eigenvalue weighted by atomic mass is 32.1. The van der Waals surface area contributed by atoms with Gasteiger partial charge in [-0.05, 0) is 23.4 Å². The molecule has 0 bridgehead atoms. The maximum absolute atomic E-state index is 11.8. The Morgan fingerprint density at radius 3 is 2.70 bits per heavy atom. The first-order valence-corrected chi connectivity index (χ1v) is 10.1. The normalized spacial score (nSPS) is 17.4. The number of ether oxygens (including phenoxy) is 1. The molecule has 1 aliphatic heterocycles. The zero-order valence-electron chi connectivity index (χ0n) is 15.2. The summed E-state index contributed by atoms with van der Waals surface area (Å²) in [6.45, 7) is 4.18. The van der Waals surface area contributed by atoms with Crippen molar-refractivity contribution in [2.45, 2.75) is 19.1 Å². The fourth-order valence-corrected chi connectivity index (χ4v) is 3.67. The second-order valence-electron chi connectivity index (χ2n) is 6.44. The number of nitrogens with one attached hydrogen (secondary N) is 2. The van der Waals surface area contributed by atoms with Crippen LogP contribution in [0.5, 0.6) is 0 Å². The second kappa shape index (κ2) is 10.2. The van der Waals surface area contributed by atoms with Gasteiger partial charge in [-0.2, -0.15) is 0 Å². The van der Waals surface area contributed by atoms with E-state index in [2.05, 4.69) is 27.7 Å². The van der Waals surface area contributed by atoms with E-state index < -0.39 is 11.8 Å². The monoisotopic (exact) mass is 387 g/mol. The first kappa shape index (κ1) is 19.5. The Morgan fingerprint density at radius 1 is 1.11 bits per heavy atom. The summed E-state index contributed by atoms with van der Waals surface area (Å²) in [6.07, 6.45) is 0.892. The summed E-state index contributed by atoms with van der Waals surface area (Å²) in [5.41, 5.74) is 1.19. The summed E-state index contributed by atoms with van der Waals surface area (Å²) in [7, 11) is 0. The van der Waals surface area contributed by atoms with E-state index in [1.165, 1.54) is 5.56 Å². The summed E-state index contributed by atoms with van der Waals surface area (Å²) in [6, 6.07) is 14.1. The lowest BCUT2D eigenvalue weighted by molar-refractivity contribution is -0.139. The third-order valence-corrected chi connectivity index (χ3v) is 5.34. The zero-order chi connectivity index (χ0) is 18.9. The SMILES string of the molecule is O=C(NCCCN1CCOC(c2ccccc2)C1)C(=O)NCc1cccs1. The Balaban J connectivity index is 1.32. The van der Waals surface area contributed by atoms with Crippen LogP contribution in [0.4, 0.5) is 0 Å². The molecule has 1 aliphatic rings. The average molecular weight is 388 g/mol. The Hall–Kier alpha value is -2.22. The van der Waals surface area contributed by atoms with E-state index >= 15 is 0 Å². The van der Waals surface area contributed by atoms with Crippen molar-refractivity contribution in [2.24, 2.45) is 0 Å². The van der Waals surface area contributed by atoms with Crippen LogP contribution in [0, 0.1) is 0 Å². The van der Waals surface area contributed by atoms with E-state index in [0.29, 0.717) is 19.7 Å². The number of hydrogen-bond acceptors (Lipinski definition) is 5. The third-order valence-electron chi connectivity index (χ3n) is 4.47. The lowest BCUT2D eigenvalue weighted by atomic mass is 10.1. The number of thiophene rings is 1. The van der Waals surface area contributed by atoms with Crippen molar-refractivity contribution in [1.82, 2.24) is 15.5 Å². The minimum absolute atomic E-state index is 0.0950. The largest absolute Gasteiger partial charge is 0.371 e. The lowest BCUT2D eigenvalue weighted by Crippen LogP contribution is -2.42. The smallest absolute Gasteiger partial charge is 0.309 e. The van der Waals surface area contributed by atoms with Crippen LogP contribution in [0.2, 0.25) is 0 Å². The van der Waals surface area contributed by atoms with E-state index in [9.17, 15) is 9.59 Å². The number of carbonyl (C=O) groups is 2. The molecule has 1 atom stereocenters. The first-order chi connectivity index (χ1) is 13.2. The van der Waals surface area contributed by atoms with Gasteiger partial charge < -0.3 is 15.4 Å². The summed E-state index contributed by atoms with van der Waals surface area (Å²) >= 11 is 1.55. The molecule has 1 aromatic heterocycles. The molecule has 2 N–H and O–H groups in total. The molecule has 1 saturated heterocycles. The van der Waals surface area contributed by atoms with Crippen LogP contribution in [0.3, 0.4) is 0 Å². The molecule has 0 aliphatic carbocycles. The molecule has 27 heavy (non-hydrogen) atoms. The van der Waals surface area contributed by atoms with E-state index in [1.807, 2.05) is 35.7 Å². The third kappa shape index (κ3) is 6.16. The van der Waals surface area contributed by atoms with Gasteiger partial charge in [0.25, 0.3) is 0 Å². The molecule has 3 rings (SSSR count). The van der Waals surface area contributed by atoms with Crippen molar-refractivity contribution in [3.8, 4) is 0 Å². The van der Waals surface area contributed by atoms with Crippen molar-refractivity contribution in [3.05, 3.63) is 58.3 Å². The lowest BCUT2D eigenvalue weighted by Gasteiger charge is -2.33. The number of nitrogens with zero attached hydrogens (tertiary/aromatic N) is 1. The van der Waals surface area contributed by atoms with Crippen molar-refractivity contribution in [2.75, 3.05) is 32.8 Å². The van der Waals surface area contributed by atoms with Crippen LogP contribution in [-0.2, 0) is 20.9 Å². The highest BCUT2D eigenvalue weighted by molar-refractivity contribution is 7.09. The molecule has 144 valence electrons. The molecular formula is C20H25N3O3S. The van der Waals surface area contributed by atoms with Crippen LogP contribution < -0.4 is 10.6 Å². The standard InChI is InChI=1S/C20H25N3O3S/c24-19(20(25)22-14-17-8-4-13-27-17)21-9-5-10-23-11-12-26-18(15-23)16-6-2-1-3-7-16/h1-4,6-8,13,18H,5,9-12,14-15H2,(H,21,24)(H,22,25). The number of rotatable bonds is 7. The molecule has 6 nitrogen and oxygen atoms in total. The second-order valence-corrected chi connectivity index (χ2v) is 7.47. The van der Waals surface area contributed by atoms with Crippen LogP contribution in [0.25, 0.3) is 0 Å². The Bertz CT molecular complexity index is 721. The maximum atomic E-state index is 11.8. The van der Waals surface area contributed by atoms with E-state index in [0.717, 1.165) is 30.9 Å². The van der Waals surface area contributed by atoms with Gasteiger partial charge in [0.2, 0.25) is 0 Å². The van der Waals surface area contributed by atoms with Gasteiger partial charge in [-0.25, -0.2) is 0 Å². The van der Waals surface area contributed by atoms with Gasteiger partial charge in [-0.3, -0.25) is 14.5 Å². The van der Waals surface area contributed by atoms with Crippen molar-refractivity contribution in [3.63, 3.8) is 0 Å². The molecule has 2 heterocycles. The molecule has 0 saturated carbocycles. The van der Waals surface area contributed by atoms with Gasteiger partial charge in [0.05, 0.1) is 19.3 Å². The number of amides is 2. The summed E-state index contributed by atoms with van der Waals surface area (Å²) < 4.78 is 5.86. The maximum Gasteiger partial charge on any atom is 0.309 e. The highest BCUT2D eigenvalue weighted by Gasteiger charge is 2.21. The minimum atomic E-state index is -0.584. The summed E-state index contributed by atoms with van der Waals surface area (Å²) in [4.78, 5) is 27.0. The molecule has 2 aromatic rings. The number of hydrogen-bond donors (Lipinski definition) is 2. The minimum Gasteiger partial charge on any atom is -0.371 e. The molecule has 0 radical (unpaired) electrons. The summed E-state index contributed by atoms with van der Waals surface area (Å²) in [5, 5.41) is 7.26. The van der Waals surface area contributed by atoms with E-state index in [1.54, 1.807) is 11.3 Å². The predicted octanol–water partition coefficient (Wildman–Crippen LogP) is 1.94. The van der Waals surface area contributed by atoms with Gasteiger partial charge in [0.1, 0.15) is 0 Å². The fraction of sp³-hybridized carbons (Fsp3) is 0.400. The number of benzene rings is 1. The van der Waals surface area contributed by atoms with Gasteiger partial charge >= 0.3 is 11.8 Å². The first-order valence-electron chi connectivity index (χ1n) is 9.19. The average Bonchev–Trinajstić information content (AvgIpc) is 3.24. The Labute approximate surface area is 163 Å². The Kier molecular flexibility index (Phi) is 7.38. The van der Waals surface area contributed by atoms with Crippen molar-refractivity contribution >= 4 is 23.2 Å². The molecule has 1 fully saturated rings. The van der Waals surface area contributed by atoms with Crippen LogP contribution in [0.15, 0.2) is 47.8 Å². The van der Waals surface area contributed by atoms with Crippen LogP contribution in [0.1, 0.15) is 23.0 Å². The quantitative estimate of drug-likeness (QED) is 0.563. The predicted molar refractivity (Wildman–Crippen MR) is 105 cm³/mol. The molecule has 1 unspecified atom stereocenters. The molecular weight excluding hydrogens is 362 g/mol. The van der Waals surface area contributed by atoms with Gasteiger partial charge in [-0.1, -0.05) is 36.4 Å². The van der Waals surface area contributed by atoms with Gasteiger partial charge in [-0.15, -0.1) is 11.3 Å². The molecule has 1 aromatic carbocycles. The van der Waals surface area contributed by atoms with Crippen LogP contribution in [-0.4, -0.2) is 49.5 Å². The Morgan fingerprint density at radius 2 is 1.93 bits per heavy atom. The van der Waals surface area contributed by atoms with Crippen LogP contribution >= 0.6 is 11.3 Å². The van der Waals surface area contributed by atoms with Gasteiger partial charge in [0.15, 0.2) is 0 Å². The topological polar surface area (TPSA) is 70.7 Å². The zero-order valence-corrected chi connectivity index (χ0v) is 16.0. The summed E-state index contributed by atoms with van der Waals surface area (Å²) in [5.74, 6) is -1.16. The molecule has 2 amide bonds. The highest BCUT2D eigenvalue weighted by Crippen LogP contribution is 2.21. The number of carbonyl (C=O) groups excluding carboxylic acids is 2.